The van der Waals surface area contributed by atoms with Crippen LogP contribution in [0.2, 0.25) is 0 Å². The van der Waals surface area contributed by atoms with Gasteiger partial charge in [0.15, 0.2) is 5.65 Å². The van der Waals surface area contributed by atoms with Gasteiger partial charge in [0.05, 0.1) is 0 Å². The Morgan fingerprint density at radius 1 is 1.36 bits per heavy atom. The largest absolute Gasteiger partial charge is 0.352 e. The highest BCUT2D eigenvalue weighted by atomic mass is 15.4. The second kappa shape index (κ2) is 2.65. The fourth-order valence-electron chi connectivity index (χ4n) is 1.59. The normalized spacial score (nSPS) is 17.4. The van der Waals surface area contributed by atoms with E-state index >= 15 is 0 Å². The lowest BCUT2D eigenvalue weighted by molar-refractivity contribution is 0.511. The van der Waals surface area contributed by atoms with Gasteiger partial charge in [-0.3, -0.25) is 0 Å². The van der Waals surface area contributed by atoms with Crippen LogP contribution in [0.3, 0.4) is 0 Å². The molecule has 72 valence electrons. The van der Waals surface area contributed by atoms with Crippen LogP contribution in [0.25, 0.3) is 5.65 Å². The summed E-state index contributed by atoms with van der Waals surface area (Å²) in [4.78, 5) is 2.13. The Kier molecular flexibility index (Phi) is 1.45. The summed E-state index contributed by atoms with van der Waals surface area (Å²) in [6, 6.07) is 4.13. The summed E-state index contributed by atoms with van der Waals surface area (Å²) in [7, 11) is 0. The quantitative estimate of drug-likeness (QED) is 0.642. The van der Waals surface area contributed by atoms with Crippen molar-refractivity contribution in [3.8, 4) is 0 Å². The summed E-state index contributed by atoms with van der Waals surface area (Å²) >= 11 is 0. The van der Waals surface area contributed by atoms with Crippen molar-refractivity contribution in [2.24, 2.45) is 5.73 Å². The zero-order valence-corrected chi connectivity index (χ0v) is 7.54. The second-order valence-electron chi connectivity index (χ2n) is 3.49. The molecule has 6 nitrogen and oxygen atoms in total. The fraction of sp³-hybridized carbons (Fsp3) is 0.375. The summed E-state index contributed by atoms with van der Waals surface area (Å²) in [5.41, 5.74) is 6.46. The smallest absolute Gasteiger partial charge is 0.177 e. The van der Waals surface area contributed by atoms with Crippen LogP contribution in [0.5, 0.6) is 0 Å². The molecule has 0 atom stereocenters. The van der Waals surface area contributed by atoms with E-state index in [4.69, 9.17) is 5.73 Å². The van der Waals surface area contributed by atoms with E-state index in [0.29, 0.717) is 0 Å². The second-order valence-corrected chi connectivity index (χ2v) is 3.49. The Balaban J connectivity index is 1.97. The third-order valence-corrected chi connectivity index (χ3v) is 2.38. The first-order chi connectivity index (χ1) is 6.83. The number of nitrogens with zero attached hydrogens (tertiary/aromatic N) is 5. The van der Waals surface area contributed by atoms with Crippen LogP contribution < -0.4 is 10.6 Å². The molecule has 1 aliphatic heterocycles. The predicted octanol–water partition coefficient (Wildman–Crippen LogP) is -0.728. The van der Waals surface area contributed by atoms with Crippen LogP contribution in [0.1, 0.15) is 0 Å². The topological polar surface area (TPSA) is 72.3 Å². The molecule has 0 aromatic carbocycles. The molecule has 3 heterocycles. The number of anilines is 1. The minimum Gasteiger partial charge on any atom is -0.352 e. The maximum atomic E-state index is 5.70. The van der Waals surface area contributed by atoms with Crippen molar-refractivity contribution in [1.82, 2.24) is 19.8 Å². The molecule has 0 spiro atoms. The van der Waals surface area contributed by atoms with Crippen LogP contribution >= 0.6 is 0 Å². The van der Waals surface area contributed by atoms with Gasteiger partial charge in [0.25, 0.3) is 0 Å². The standard InChI is InChI=1S/C8H10N6/c9-6-3-13(4-6)8-2-1-7-11-10-5-14(7)12-8/h1-2,5-6H,3-4,9H2. The monoisotopic (exact) mass is 190 g/mol. The van der Waals surface area contributed by atoms with E-state index in [1.165, 1.54) is 0 Å². The van der Waals surface area contributed by atoms with Crippen molar-refractivity contribution in [1.29, 1.82) is 0 Å². The van der Waals surface area contributed by atoms with Crippen LogP contribution in [-0.2, 0) is 0 Å². The molecule has 0 saturated carbocycles. The van der Waals surface area contributed by atoms with E-state index in [2.05, 4.69) is 20.2 Å². The van der Waals surface area contributed by atoms with Gasteiger partial charge in [-0.1, -0.05) is 0 Å². The Hall–Kier alpha value is -1.69. The number of hydrogen-bond acceptors (Lipinski definition) is 5. The van der Waals surface area contributed by atoms with Gasteiger partial charge in [-0.05, 0) is 12.1 Å². The lowest BCUT2D eigenvalue weighted by Crippen LogP contribution is -2.56. The minimum absolute atomic E-state index is 0.286. The van der Waals surface area contributed by atoms with Crippen LogP contribution in [0.15, 0.2) is 18.5 Å². The molecule has 2 N–H and O–H groups in total. The average molecular weight is 190 g/mol. The van der Waals surface area contributed by atoms with E-state index in [1.54, 1.807) is 10.8 Å². The number of nitrogens with two attached hydrogens (primary N) is 1. The van der Waals surface area contributed by atoms with Crippen molar-refractivity contribution >= 4 is 11.5 Å². The molecular weight excluding hydrogens is 180 g/mol. The molecule has 0 bridgehead atoms. The van der Waals surface area contributed by atoms with Crippen LogP contribution in [-0.4, -0.2) is 38.9 Å². The summed E-state index contributed by atoms with van der Waals surface area (Å²) in [5.74, 6) is 0.930. The fourth-order valence-corrected chi connectivity index (χ4v) is 1.59. The lowest BCUT2D eigenvalue weighted by Gasteiger charge is -2.37. The lowest BCUT2D eigenvalue weighted by atomic mass is 10.1. The maximum absolute atomic E-state index is 5.70. The SMILES string of the molecule is NC1CN(c2ccc3nncn3n2)C1. The molecule has 6 heteroatoms. The molecule has 2 aromatic rings. The molecule has 14 heavy (non-hydrogen) atoms. The summed E-state index contributed by atoms with van der Waals surface area (Å²) < 4.78 is 1.67. The first kappa shape index (κ1) is 7.69. The number of aromatic nitrogens is 4. The van der Waals surface area contributed by atoms with E-state index in [9.17, 15) is 0 Å². The molecule has 0 radical (unpaired) electrons. The van der Waals surface area contributed by atoms with E-state index < -0.39 is 0 Å². The van der Waals surface area contributed by atoms with Gasteiger partial charge >= 0.3 is 0 Å². The molecule has 2 aromatic heterocycles. The van der Waals surface area contributed by atoms with Crippen molar-refractivity contribution in [3.05, 3.63) is 18.5 Å². The number of hydrogen-bond donors (Lipinski definition) is 1. The van der Waals surface area contributed by atoms with Crippen molar-refractivity contribution < 1.29 is 0 Å². The van der Waals surface area contributed by atoms with Gasteiger partial charge < -0.3 is 10.6 Å². The molecule has 1 aliphatic rings. The van der Waals surface area contributed by atoms with Crippen molar-refractivity contribution in [3.63, 3.8) is 0 Å². The Morgan fingerprint density at radius 3 is 3.00 bits per heavy atom. The predicted molar refractivity (Wildman–Crippen MR) is 51.0 cm³/mol. The Morgan fingerprint density at radius 2 is 2.21 bits per heavy atom. The van der Waals surface area contributed by atoms with E-state index in [1.807, 2.05) is 12.1 Å². The summed E-state index contributed by atoms with van der Waals surface area (Å²) in [5, 5.41) is 12.0. The third-order valence-electron chi connectivity index (χ3n) is 2.38. The molecule has 1 fully saturated rings. The van der Waals surface area contributed by atoms with Crippen molar-refractivity contribution in [2.45, 2.75) is 6.04 Å². The van der Waals surface area contributed by atoms with E-state index in [0.717, 1.165) is 24.6 Å². The van der Waals surface area contributed by atoms with Crippen LogP contribution in [0, 0.1) is 0 Å². The Bertz CT molecular complexity index is 458. The highest BCUT2D eigenvalue weighted by Gasteiger charge is 2.24. The zero-order chi connectivity index (χ0) is 9.54. The Labute approximate surface area is 80.3 Å². The minimum atomic E-state index is 0.286. The number of rotatable bonds is 1. The molecule has 3 rings (SSSR count). The van der Waals surface area contributed by atoms with E-state index in [-0.39, 0.29) is 6.04 Å². The first-order valence-corrected chi connectivity index (χ1v) is 4.50. The molecule has 0 aliphatic carbocycles. The molecule has 1 saturated heterocycles. The molecular formula is C8H10N6. The van der Waals surface area contributed by atoms with Gasteiger partial charge in [0, 0.05) is 19.1 Å². The van der Waals surface area contributed by atoms with Crippen molar-refractivity contribution in [2.75, 3.05) is 18.0 Å². The highest BCUT2D eigenvalue weighted by Crippen LogP contribution is 2.16. The first-order valence-electron chi connectivity index (χ1n) is 4.50. The van der Waals surface area contributed by atoms with Gasteiger partial charge in [-0.25, -0.2) is 0 Å². The van der Waals surface area contributed by atoms with Crippen LogP contribution in [0.4, 0.5) is 5.82 Å². The zero-order valence-electron chi connectivity index (χ0n) is 7.54. The summed E-state index contributed by atoms with van der Waals surface area (Å²) in [6.45, 7) is 1.75. The average Bonchev–Trinajstić information content (AvgIpc) is 2.59. The molecule has 0 amide bonds. The molecule has 0 unspecified atom stereocenters. The third kappa shape index (κ3) is 1.04. The number of fused-ring (bicyclic) bond motifs is 1. The van der Waals surface area contributed by atoms with Gasteiger partial charge in [0.2, 0.25) is 0 Å². The summed E-state index contributed by atoms with van der Waals surface area (Å²) in [6.07, 6.45) is 1.60. The maximum Gasteiger partial charge on any atom is 0.177 e. The van der Waals surface area contributed by atoms with Gasteiger partial charge in [0.1, 0.15) is 12.1 Å². The highest BCUT2D eigenvalue weighted by molar-refractivity contribution is 5.47. The van der Waals surface area contributed by atoms with Gasteiger partial charge in [-0.15, -0.1) is 15.3 Å². The van der Waals surface area contributed by atoms with Gasteiger partial charge in [-0.2, -0.15) is 4.52 Å².